The standard InChI is InChI=1S/C22H33N5O/c1-23-22(24-15-18-11-14-26(2)17-18)25-16-21(27-12-5-4-6-13-27)19-7-9-20(28-3)10-8-19/h7-11,14,17,21H,4-6,12-13,15-16H2,1-3H3,(H2,23,24,25). The van der Waals surface area contributed by atoms with Gasteiger partial charge in [0.05, 0.1) is 13.2 Å². The van der Waals surface area contributed by atoms with Crippen LogP contribution in [-0.2, 0) is 13.6 Å². The van der Waals surface area contributed by atoms with Crippen LogP contribution in [0.25, 0.3) is 0 Å². The summed E-state index contributed by atoms with van der Waals surface area (Å²) in [7, 11) is 5.57. The molecule has 1 saturated heterocycles. The Bertz CT molecular complexity index is 747. The van der Waals surface area contributed by atoms with Gasteiger partial charge in [-0.3, -0.25) is 9.89 Å². The van der Waals surface area contributed by atoms with Gasteiger partial charge in [-0.2, -0.15) is 0 Å². The molecule has 0 saturated carbocycles. The van der Waals surface area contributed by atoms with Crippen molar-refractivity contribution in [3.8, 4) is 5.75 Å². The number of nitrogens with one attached hydrogen (secondary N) is 2. The van der Waals surface area contributed by atoms with Gasteiger partial charge in [-0.05, 0) is 55.3 Å². The molecule has 152 valence electrons. The SMILES string of the molecule is CN=C(NCc1ccn(C)c1)NCC(c1ccc(OC)cc1)N1CCCCC1. The number of guanidine groups is 1. The average molecular weight is 384 g/mol. The van der Waals surface area contributed by atoms with Gasteiger partial charge in [0.2, 0.25) is 0 Å². The van der Waals surface area contributed by atoms with Crippen molar-refractivity contribution in [2.75, 3.05) is 33.8 Å². The molecule has 0 spiro atoms. The molecule has 0 amide bonds. The predicted octanol–water partition coefficient (Wildman–Crippen LogP) is 2.93. The first-order chi connectivity index (χ1) is 13.7. The van der Waals surface area contributed by atoms with E-state index in [-0.39, 0.29) is 0 Å². The van der Waals surface area contributed by atoms with Gasteiger partial charge in [0.15, 0.2) is 5.96 Å². The average Bonchev–Trinajstić information content (AvgIpc) is 3.16. The number of aliphatic imine (C=N–C) groups is 1. The van der Waals surface area contributed by atoms with E-state index in [0.717, 1.165) is 37.9 Å². The third kappa shape index (κ3) is 5.52. The van der Waals surface area contributed by atoms with Crippen molar-refractivity contribution >= 4 is 5.96 Å². The largest absolute Gasteiger partial charge is 0.497 e. The predicted molar refractivity (Wildman–Crippen MR) is 115 cm³/mol. The van der Waals surface area contributed by atoms with Gasteiger partial charge in [0, 0.05) is 39.6 Å². The first-order valence-electron chi connectivity index (χ1n) is 10.1. The molecule has 1 unspecified atom stereocenters. The lowest BCUT2D eigenvalue weighted by Crippen LogP contribution is -2.44. The molecule has 6 heteroatoms. The van der Waals surface area contributed by atoms with E-state index in [1.165, 1.54) is 30.4 Å². The smallest absolute Gasteiger partial charge is 0.191 e. The van der Waals surface area contributed by atoms with E-state index in [1.807, 2.05) is 14.1 Å². The van der Waals surface area contributed by atoms with E-state index in [4.69, 9.17) is 4.74 Å². The molecular weight excluding hydrogens is 350 g/mol. The number of piperidine rings is 1. The van der Waals surface area contributed by atoms with Crippen molar-refractivity contribution in [2.24, 2.45) is 12.0 Å². The van der Waals surface area contributed by atoms with E-state index in [0.29, 0.717) is 6.04 Å². The second-order valence-electron chi connectivity index (χ2n) is 7.38. The molecule has 1 aliphatic rings. The number of aryl methyl sites for hydroxylation is 1. The van der Waals surface area contributed by atoms with Crippen molar-refractivity contribution in [3.05, 3.63) is 53.9 Å². The molecule has 1 aliphatic heterocycles. The normalized spacial score (nSPS) is 16.6. The molecule has 2 heterocycles. The van der Waals surface area contributed by atoms with E-state index in [9.17, 15) is 0 Å². The van der Waals surface area contributed by atoms with Crippen molar-refractivity contribution in [3.63, 3.8) is 0 Å². The van der Waals surface area contributed by atoms with Crippen LogP contribution in [0, 0.1) is 0 Å². The van der Waals surface area contributed by atoms with Gasteiger partial charge in [-0.25, -0.2) is 0 Å². The van der Waals surface area contributed by atoms with Crippen LogP contribution in [0.1, 0.15) is 36.4 Å². The van der Waals surface area contributed by atoms with Gasteiger partial charge in [0.1, 0.15) is 5.75 Å². The summed E-state index contributed by atoms with van der Waals surface area (Å²) in [5, 5.41) is 6.94. The zero-order valence-electron chi connectivity index (χ0n) is 17.3. The molecule has 2 aromatic rings. The van der Waals surface area contributed by atoms with Crippen LogP contribution in [0.15, 0.2) is 47.7 Å². The third-order valence-electron chi connectivity index (χ3n) is 5.37. The third-order valence-corrected chi connectivity index (χ3v) is 5.37. The number of aromatic nitrogens is 1. The molecule has 0 aliphatic carbocycles. The first-order valence-corrected chi connectivity index (χ1v) is 10.1. The number of benzene rings is 1. The molecule has 0 radical (unpaired) electrons. The molecule has 1 aromatic carbocycles. The van der Waals surface area contributed by atoms with Crippen LogP contribution >= 0.6 is 0 Å². The van der Waals surface area contributed by atoms with Crippen LogP contribution in [0.4, 0.5) is 0 Å². The van der Waals surface area contributed by atoms with Gasteiger partial charge in [-0.15, -0.1) is 0 Å². The Morgan fingerprint density at radius 3 is 2.46 bits per heavy atom. The second-order valence-corrected chi connectivity index (χ2v) is 7.38. The first kappa shape index (κ1) is 20.3. The highest BCUT2D eigenvalue weighted by molar-refractivity contribution is 5.79. The minimum absolute atomic E-state index is 0.321. The molecule has 1 fully saturated rings. The van der Waals surface area contributed by atoms with Gasteiger partial charge >= 0.3 is 0 Å². The molecule has 1 aromatic heterocycles. The number of hydrogen-bond acceptors (Lipinski definition) is 3. The topological polar surface area (TPSA) is 53.8 Å². The highest BCUT2D eigenvalue weighted by Gasteiger charge is 2.22. The van der Waals surface area contributed by atoms with E-state index >= 15 is 0 Å². The second kappa shape index (κ2) is 10.2. The fraction of sp³-hybridized carbons (Fsp3) is 0.500. The Hall–Kier alpha value is -2.47. The van der Waals surface area contributed by atoms with Gasteiger partial charge in [-0.1, -0.05) is 18.6 Å². The monoisotopic (exact) mass is 383 g/mol. The van der Waals surface area contributed by atoms with Gasteiger partial charge in [0.25, 0.3) is 0 Å². The fourth-order valence-corrected chi connectivity index (χ4v) is 3.78. The molecule has 1 atom stereocenters. The summed E-state index contributed by atoms with van der Waals surface area (Å²) in [4.78, 5) is 6.98. The van der Waals surface area contributed by atoms with Crippen molar-refractivity contribution in [2.45, 2.75) is 31.8 Å². The Balaban J connectivity index is 1.63. The number of likely N-dealkylation sites (tertiary alicyclic amines) is 1. The number of methoxy groups -OCH3 is 1. The lowest BCUT2D eigenvalue weighted by molar-refractivity contribution is 0.164. The van der Waals surface area contributed by atoms with Crippen molar-refractivity contribution in [1.82, 2.24) is 20.1 Å². The van der Waals surface area contributed by atoms with E-state index in [1.54, 1.807) is 7.11 Å². The minimum Gasteiger partial charge on any atom is -0.497 e. The van der Waals surface area contributed by atoms with Crippen molar-refractivity contribution in [1.29, 1.82) is 0 Å². The molecular formula is C22H33N5O. The summed E-state index contributed by atoms with van der Waals surface area (Å²) in [6, 6.07) is 10.9. The molecule has 2 N–H and O–H groups in total. The maximum Gasteiger partial charge on any atom is 0.191 e. The Morgan fingerprint density at radius 2 is 1.86 bits per heavy atom. The molecule has 3 rings (SSSR count). The number of rotatable bonds is 7. The molecule has 6 nitrogen and oxygen atoms in total. The Morgan fingerprint density at radius 1 is 1.11 bits per heavy atom. The van der Waals surface area contributed by atoms with Crippen LogP contribution in [0.5, 0.6) is 5.75 Å². The summed E-state index contributed by atoms with van der Waals surface area (Å²) in [5.74, 6) is 1.73. The minimum atomic E-state index is 0.321. The van der Waals surface area contributed by atoms with E-state index < -0.39 is 0 Å². The summed E-state index contributed by atoms with van der Waals surface area (Å²) in [6.07, 6.45) is 8.05. The Labute approximate surface area is 168 Å². The highest BCUT2D eigenvalue weighted by Crippen LogP contribution is 2.25. The summed E-state index contributed by atoms with van der Waals surface area (Å²) >= 11 is 0. The number of ether oxygens (including phenoxy) is 1. The van der Waals surface area contributed by atoms with Crippen LogP contribution in [0.3, 0.4) is 0 Å². The molecule has 0 bridgehead atoms. The fourth-order valence-electron chi connectivity index (χ4n) is 3.78. The van der Waals surface area contributed by atoms with Gasteiger partial charge < -0.3 is 19.9 Å². The summed E-state index contributed by atoms with van der Waals surface area (Å²) in [5.41, 5.74) is 2.56. The lowest BCUT2D eigenvalue weighted by atomic mass is 10.0. The zero-order valence-corrected chi connectivity index (χ0v) is 17.3. The van der Waals surface area contributed by atoms with E-state index in [2.05, 4.69) is 67.8 Å². The lowest BCUT2D eigenvalue weighted by Gasteiger charge is -2.35. The number of hydrogen-bond donors (Lipinski definition) is 2. The van der Waals surface area contributed by atoms with Crippen molar-refractivity contribution < 1.29 is 4.74 Å². The maximum absolute atomic E-state index is 5.33. The quantitative estimate of drug-likeness (QED) is 0.570. The Kier molecular flexibility index (Phi) is 7.37. The zero-order chi connectivity index (χ0) is 19.8. The summed E-state index contributed by atoms with van der Waals surface area (Å²) in [6.45, 7) is 3.88. The van der Waals surface area contributed by atoms with Crippen LogP contribution in [-0.4, -0.2) is 49.2 Å². The van der Waals surface area contributed by atoms with Crippen LogP contribution < -0.4 is 15.4 Å². The molecule has 28 heavy (non-hydrogen) atoms. The maximum atomic E-state index is 5.33. The number of nitrogens with zero attached hydrogens (tertiary/aromatic N) is 3. The summed E-state index contributed by atoms with van der Waals surface area (Å²) < 4.78 is 7.38. The van der Waals surface area contributed by atoms with Crippen LogP contribution in [0.2, 0.25) is 0 Å². The highest BCUT2D eigenvalue weighted by atomic mass is 16.5.